The van der Waals surface area contributed by atoms with Gasteiger partial charge in [-0.25, -0.2) is 14.6 Å². The standard InChI is InChI=1S/C28H24ClNO5/c1-28(2,3)19-9-7-18(8-10-19)26(31)34-21-12-5-17(6-13-21)15-23-27(32)35-25(30-23)22-16-20(29)11-14-24(22)33-4/h5-16H,1-4H3/b23-15-. The van der Waals surface area contributed by atoms with Gasteiger partial charge in [-0.05, 0) is 65.1 Å². The summed E-state index contributed by atoms with van der Waals surface area (Å²) in [5.41, 5.74) is 2.91. The molecular formula is C28H24ClNO5. The molecule has 0 amide bonds. The van der Waals surface area contributed by atoms with Gasteiger partial charge < -0.3 is 14.2 Å². The molecular weight excluding hydrogens is 466 g/mol. The van der Waals surface area contributed by atoms with Gasteiger partial charge >= 0.3 is 11.9 Å². The van der Waals surface area contributed by atoms with Crippen molar-refractivity contribution < 1.29 is 23.8 Å². The summed E-state index contributed by atoms with van der Waals surface area (Å²) in [5, 5.41) is 0.465. The molecule has 1 aliphatic rings. The number of hydrogen-bond donors (Lipinski definition) is 0. The number of carbonyl (C=O) groups excluding carboxylic acids is 2. The molecule has 3 aromatic rings. The first kappa shape index (κ1) is 24.2. The quantitative estimate of drug-likeness (QED) is 0.242. The minimum atomic E-state index is -0.587. The number of aliphatic imine (C=N–C) groups is 1. The van der Waals surface area contributed by atoms with Gasteiger partial charge in [0.05, 0.1) is 18.2 Å². The smallest absolute Gasteiger partial charge is 0.363 e. The number of nitrogens with zero attached hydrogens (tertiary/aromatic N) is 1. The van der Waals surface area contributed by atoms with Crippen molar-refractivity contribution in [1.29, 1.82) is 0 Å². The lowest BCUT2D eigenvalue weighted by Crippen LogP contribution is -2.12. The molecule has 3 aromatic carbocycles. The molecule has 0 atom stereocenters. The molecule has 7 heteroatoms. The zero-order valence-electron chi connectivity index (χ0n) is 19.8. The van der Waals surface area contributed by atoms with Crippen LogP contribution in [0.1, 0.15) is 47.8 Å². The number of esters is 2. The van der Waals surface area contributed by atoms with E-state index in [4.69, 9.17) is 25.8 Å². The first-order valence-electron chi connectivity index (χ1n) is 10.9. The number of hydrogen-bond acceptors (Lipinski definition) is 6. The van der Waals surface area contributed by atoms with E-state index in [9.17, 15) is 9.59 Å². The van der Waals surface area contributed by atoms with Crippen LogP contribution in [-0.2, 0) is 14.9 Å². The Bertz CT molecular complexity index is 1330. The van der Waals surface area contributed by atoms with Gasteiger partial charge in [0.1, 0.15) is 11.5 Å². The lowest BCUT2D eigenvalue weighted by atomic mass is 9.87. The average Bonchev–Trinajstić information content (AvgIpc) is 3.19. The maximum absolute atomic E-state index is 12.5. The molecule has 178 valence electrons. The van der Waals surface area contributed by atoms with Crippen LogP contribution in [0.2, 0.25) is 5.02 Å². The Kier molecular flexibility index (Phi) is 6.76. The fraction of sp³-hybridized carbons (Fsp3) is 0.179. The number of halogens is 1. The van der Waals surface area contributed by atoms with E-state index in [0.29, 0.717) is 33.2 Å². The number of rotatable bonds is 5. The third-order valence-corrected chi connectivity index (χ3v) is 5.63. The second-order valence-corrected chi connectivity index (χ2v) is 9.40. The van der Waals surface area contributed by atoms with Crippen molar-refractivity contribution in [3.8, 4) is 11.5 Å². The monoisotopic (exact) mass is 489 g/mol. The van der Waals surface area contributed by atoms with Crippen LogP contribution in [0.5, 0.6) is 11.5 Å². The zero-order chi connectivity index (χ0) is 25.2. The van der Waals surface area contributed by atoms with Crippen LogP contribution in [0.15, 0.2) is 77.4 Å². The van der Waals surface area contributed by atoms with Crippen molar-refractivity contribution in [3.05, 3.63) is 99.7 Å². The van der Waals surface area contributed by atoms with E-state index < -0.39 is 11.9 Å². The third-order valence-electron chi connectivity index (χ3n) is 5.39. The van der Waals surface area contributed by atoms with Gasteiger partial charge in [0.25, 0.3) is 0 Å². The lowest BCUT2D eigenvalue weighted by molar-refractivity contribution is -0.129. The summed E-state index contributed by atoms with van der Waals surface area (Å²) in [4.78, 5) is 29.2. The SMILES string of the molecule is COc1ccc(Cl)cc1C1=N/C(=C\c2ccc(OC(=O)c3ccc(C(C)(C)C)cc3)cc2)C(=O)O1. The minimum absolute atomic E-state index is 0.00351. The second kappa shape index (κ2) is 9.76. The number of ether oxygens (including phenoxy) is 3. The maximum Gasteiger partial charge on any atom is 0.363 e. The van der Waals surface area contributed by atoms with Crippen LogP contribution in [-0.4, -0.2) is 24.9 Å². The maximum atomic E-state index is 12.5. The van der Waals surface area contributed by atoms with E-state index in [2.05, 4.69) is 25.8 Å². The summed E-state index contributed by atoms with van der Waals surface area (Å²) in [5.74, 6) is -0.0409. The first-order chi connectivity index (χ1) is 16.6. The molecule has 0 saturated heterocycles. The molecule has 0 bridgehead atoms. The Morgan fingerprint density at radius 2 is 1.69 bits per heavy atom. The molecule has 0 saturated carbocycles. The third kappa shape index (κ3) is 5.61. The highest BCUT2D eigenvalue weighted by Gasteiger charge is 2.26. The molecule has 0 N–H and O–H groups in total. The summed E-state index contributed by atoms with van der Waals surface area (Å²) in [6.45, 7) is 6.34. The summed E-state index contributed by atoms with van der Waals surface area (Å²) >= 11 is 6.07. The molecule has 6 nitrogen and oxygen atoms in total. The molecule has 0 spiro atoms. The Balaban J connectivity index is 1.48. The van der Waals surface area contributed by atoms with Gasteiger partial charge in [0, 0.05) is 5.02 Å². The number of methoxy groups -OCH3 is 1. The van der Waals surface area contributed by atoms with Crippen LogP contribution in [0.3, 0.4) is 0 Å². The van der Waals surface area contributed by atoms with Gasteiger partial charge in [-0.3, -0.25) is 0 Å². The van der Waals surface area contributed by atoms with Crippen LogP contribution < -0.4 is 9.47 Å². The lowest BCUT2D eigenvalue weighted by Gasteiger charge is -2.18. The van der Waals surface area contributed by atoms with Gasteiger partial charge in [-0.15, -0.1) is 0 Å². The van der Waals surface area contributed by atoms with Crippen molar-refractivity contribution in [2.24, 2.45) is 4.99 Å². The zero-order valence-corrected chi connectivity index (χ0v) is 20.6. The Hall–Kier alpha value is -3.90. The highest BCUT2D eigenvalue weighted by atomic mass is 35.5. The van der Waals surface area contributed by atoms with Crippen LogP contribution >= 0.6 is 11.6 Å². The molecule has 35 heavy (non-hydrogen) atoms. The van der Waals surface area contributed by atoms with Gasteiger partial charge in [0.15, 0.2) is 5.70 Å². The molecule has 0 aliphatic carbocycles. The predicted octanol–water partition coefficient (Wildman–Crippen LogP) is 6.21. The summed E-state index contributed by atoms with van der Waals surface area (Å²) in [6.07, 6.45) is 1.59. The highest BCUT2D eigenvalue weighted by molar-refractivity contribution is 6.31. The van der Waals surface area contributed by atoms with Crippen molar-refractivity contribution in [1.82, 2.24) is 0 Å². The van der Waals surface area contributed by atoms with E-state index in [0.717, 1.165) is 5.56 Å². The summed E-state index contributed by atoms with van der Waals surface area (Å²) in [7, 11) is 1.51. The van der Waals surface area contributed by atoms with E-state index >= 15 is 0 Å². The molecule has 0 unspecified atom stereocenters. The normalized spacial score (nSPS) is 14.5. The highest BCUT2D eigenvalue weighted by Crippen LogP contribution is 2.28. The molecule has 0 radical (unpaired) electrons. The Morgan fingerprint density at radius 3 is 2.31 bits per heavy atom. The van der Waals surface area contributed by atoms with Crippen molar-refractivity contribution in [2.45, 2.75) is 26.2 Å². The summed E-state index contributed by atoms with van der Waals surface area (Å²) in [6, 6.07) is 19.1. The van der Waals surface area contributed by atoms with Crippen LogP contribution in [0.25, 0.3) is 6.08 Å². The van der Waals surface area contributed by atoms with E-state index in [1.54, 1.807) is 60.7 Å². The first-order valence-corrected chi connectivity index (χ1v) is 11.3. The number of carbonyl (C=O) groups is 2. The van der Waals surface area contributed by atoms with Gasteiger partial charge in [0.2, 0.25) is 5.90 Å². The average molecular weight is 490 g/mol. The van der Waals surface area contributed by atoms with E-state index in [1.807, 2.05) is 12.1 Å². The molecule has 1 aliphatic heterocycles. The van der Waals surface area contributed by atoms with Gasteiger partial charge in [-0.2, -0.15) is 0 Å². The van der Waals surface area contributed by atoms with Crippen molar-refractivity contribution >= 4 is 35.5 Å². The second-order valence-electron chi connectivity index (χ2n) is 8.97. The van der Waals surface area contributed by atoms with Crippen molar-refractivity contribution in [3.63, 3.8) is 0 Å². The molecule has 0 fully saturated rings. The molecule has 0 aromatic heterocycles. The minimum Gasteiger partial charge on any atom is -0.496 e. The Morgan fingerprint density at radius 1 is 1.00 bits per heavy atom. The fourth-order valence-corrected chi connectivity index (χ4v) is 3.61. The largest absolute Gasteiger partial charge is 0.496 e. The molecule has 4 rings (SSSR count). The molecule has 1 heterocycles. The van der Waals surface area contributed by atoms with E-state index in [-0.39, 0.29) is 17.0 Å². The van der Waals surface area contributed by atoms with Crippen LogP contribution in [0, 0.1) is 0 Å². The van der Waals surface area contributed by atoms with Crippen molar-refractivity contribution in [2.75, 3.05) is 7.11 Å². The van der Waals surface area contributed by atoms with Gasteiger partial charge in [-0.1, -0.05) is 56.6 Å². The Labute approximate surface area is 208 Å². The number of benzene rings is 3. The van der Waals surface area contributed by atoms with E-state index in [1.165, 1.54) is 7.11 Å². The number of cyclic esters (lactones) is 1. The predicted molar refractivity (Wildman–Crippen MR) is 135 cm³/mol. The topological polar surface area (TPSA) is 74.2 Å². The summed E-state index contributed by atoms with van der Waals surface area (Å²) < 4.78 is 16.1. The van der Waals surface area contributed by atoms with Crippen LogP contribution in [0.4, 0.5) is 0 Å². The fourth-order valence-electron chi connectivity index (χ4n) is 3.43.